The molecule has 0 bridgehead atoms. The van der Waals surface area contributed by atoms with E-state index in [1.807, 2.05) is 6.92 Å². The van der Waals surface area contributed by atoms with Gasteiger partial charge in [0, 0.05) is 0 Å². The van der Waals surface area contributed by atoms with Gasteiger partial charge in [0.25, 0.3) is 0 Å². The van der Waals surface area contributed by atoms with Crippen molar-refractivity contribution in [3.8, 4) is 0 Å². The second-order valence-electron chi connectivity index (χ2n) is 6.93. The number of hydrogen-bond donors (Lipinski definition) is 1. The van der Waals surface area contributed by atoms with Crippen molar-refractivity contribution in [2.24, 2.45) is 11.8 Å². The highest BCUT2D eigenvalue weighted by atomic mass is 32.2. The van der Waals surface area contributed by atoms with Gasteiger partial charge in [-0.3, -0.25) is 4.55 Å². The number of carbonyl (C=O) groups excluding carboxylic acids is 2. The maximum absolute atomic E-state index is 13.1. The van der Waals surface area contributed by atoms with Gasteiger partial charge in [0.05, 0.1) is 0 Å². The Kier molecular flexibility index (Phi) is 8.34. The van der Waals surface area contributed by atoms with E-state index in [9.17, 15) is 26.8 Å². The van der Waals surface area contributed by atoms with Gasteiger partial charge in [-0.2, -0.15) is 17.2 Å². The minimum atomic E-state index is -5.98. The Balaban J connectivity index is 2.53. The second kappa shape index (κ2) is 9.59. The van der Waals surface area contributed by atoms with Crippen molar-refractivity contribution >= 4 is 22.1 Å². The number of halogens is 2. The van der Waals surface area contributed by atoms with Crippen LogP contribution in [0.25, 0.3) is 0 Å². The van der Waals surface area contributed by atoms with Crippen molar-refractivity contribution in [1.29, 1.82) is 0 Å². The van der Waals surface area contributed by atoms with Crippen LogP contribution in [0.2, 0.25) is 0 Å². The van der Waals surface area contributed by atoms with Crippen LogP contribution < -0.4 is 0 Å². The van der Waals surface area contributed by atoms with Crippen LogP contribution in [0.5, 0.6) is 0 Å². The first-order chi connectivity index (χ1) is 12.4. The molecule has 156 valence electrons. The zero-order chi connectivity index (χ0) is 20.8. The summed E-state index contributed by atoms with van der Waals surface area (Å²) < 4.78 is 64.5. The van der Waals surface area contributed by atoms with E-state index < -0.39 is 40.0 Å². The molecule has 0 aromatic heterocycles. The molecule has 0 aromatic carbocycles. The van der Waals surface area contributed by atoms with Gasteiger partial charge in [0.15, 0.2) is 6.61 Å². The lowest BCUT2D eigenvalue weighted by molar-refractivity contribution is -0.172. The maximum Gasteiger partial charge on any atom is 0.465 e. The van der Waals surface area contributed by atoms with Crippen LogP contribution in [0.1, 0.15) is 52.4 Å². The van der Waals surface area contributed by atoms with Crippen LogP contribution in [0.4, 0.5) is 8.78 Å². The Hall–Kier alpha value is -1.55. The van der Waals surface area contributed by atoms with Gasteiger partial charge in [-0.25, -0.2) is 9.59 Å². The Morgan fingerprint density at radius 3 is 2.56 bits per heavy atom. The van der Waals surface area contributed by atoms with Crippen molar-refractivity contribution < 1.29 is 40.8 Å². The molecule has 1 rings (SSSR count). The van der Waals surface area contributed by atoms with Crippen molar-refractivity contribution in [2.75, 3.05) is 6.61 Å². The standard InChI is InChI=1S/C17H26F2O7S/c1-4-14(12(3)9-13-7-5-6-11(2)8-13)26-15(20)10-25-16(21)17(18,19)27(22,23)24/h12-14H,2,4-10H2,1,3H3,(H,22,23,24). The summed E-state index contributed by atoms with van der Waals surface area (Å²) in [4.78, 5) is 22.8. The fourth-order valence-corrected chi connectivity index (χ4v) is 3.52. The van der Waals surface area contributed by atoms with Crippen molar-refractivity contribution in [1.82, 2.24) is 0 Å². The molecule has 0 aliphatic heterocycles. The lowest BCUT2D eigenvalue weighted by Gasteiger charge is -2.29. The zero-order valence-electron chi connectivity index (χ0n) is 15.4. The number of ether oxygens (including phenoxy) is 2. The van der Waals surface area contributed by atoms with E-state index in [0.717, 1.165) is 32.1 Å². The van der Waals surface area contributed by atoms with Crippen LogP contribution >= 0.6 is 0 Å². The predicted molar refractivity (Wildman–Crippen MR) is 92.5 cm³/mol. The molecule has 3 atom stereocenters. The summed E-state index contributed by atoms with van der Waals surface area (Å²) >= 11 is 0. The molecule has 0 heterocycles. The van der Waals surface area contributed by atoms with Gasteiger partial charge in [0.1, 0.15) is 6.10 Å². The summed E-state index contributed by atoms with van der Waals surface area (Å²) in [5, 5.41) is -5.14. The number of hydrogen-bond acceptors (Lipinski definition) is 6. The molecule has 1 fully saturated rings. The first-order valence-corrected chi connectivity index (χ1v) is 10.2. The summed E-state index contributed by atoms with van der Waals surface area (Å²) in [6.07, 6.45) is 4.89. The molecule has 0 saturated heterocycles. The van der Waals surface area contributed by atoms with Crippen LogP contribution in [-0.4, -0.2) is 42.9 Å². The number of carbonyl (C=O) groups is 2. The first kappa shape index (κ1) is 23.5. The molecule has 1 aliphatic rings. The molecule has 0 amide bonds. The van der Waals surface area contributed by atoms with E-state index in [2.05, 4.69) is 11.3 Å². The van der Waals surface area contributed by atoms with E-state index in [1.54, 1.807) is 6.92 Å². The van der Waals surface area contributed by atoms with Gasteiger partial charge in [-0.1, -0.05) is 26.0 Å². The molecule has 0 radical (unpaired) electrons. The molecule has 1 saturated carbocycles. The molecule has 27 heavy (non-hydrogen) atoms. The normalized spacial score (nSPS) is 20.6. The summed E-state index contributed by atoms with van der Waals surface area (Å²) in [5.41, 5.74) is 1.20. The molecular weight excluding hydrogens is 386 g/mol. The zero-order valence-corrected chi connectivity index (χ0v) is 16.3. The van der Waals surface area contributed by atoms with Crippen LogP contribution in [0.3, 0.4) is 0 Å². The van der Waals surface area contributed by atoms with Gasteiger partial charge in [-0.15, -0.1) is 0 Å². The highest BCUT2D eigenvalue weighted by Gasteiger charge is 2.54. The Morgan fingerprint density at radius 1 is 1.41 bits per heavy atom. The van der Waals surface area contributed by atoms with E-state index >= 15 is 0 Å². The number of rotatable bonds is 9. The Bertz CT molecular complexity index is 660. The first-order valence-electron chi connectivity index (χ1n) is 8.76. The number of allylic oxidation sites excluding steroid dienone is 1. The average molecular weight is 412 g/mol. The molecule has 0 spiro atoms. The van der Waals surface area contributed by atoms with Gasteiger partial charge in [0.2, 0.25) is 0 Å². The summed E-state index contributed by atoms with van der Waals surface area (Å²) in [7, 11) is -5.98. The second-order valence-corrected chi connectivity index (χ2v) is 8.39. The fraction of sp³-hybridized carbons (Fsp3) is 0.765. The molecular formula is C17H26F2O7S. The highest BCUT2D eigenvalue weighted by Crippen LogP contribution is 2.33. The van der Waals surface area contributed by atoms with Crippen LogP contribution in [0, 0.1) is 11.8 Å². The van der Waals surface area contributed by atoms with Gasteiger partial charge in [-0.05, 0) is 50.4 Å². The summed E-state index contributed by atoms with van der Waals surface area (Å²) in [5.74, 6) is -3.16. The average Bonchev–Trinajstić information content (AvgIpc) is 2.56. The third kappa shape index (κ3) is 6.84. The molecule has 0 aromatic rings. The molecule has 1 aliphatic carbocycles. The monoisotopic (exact) mass is 412 g/mol. The SMILES string of the molecule is C=C1CCCC(CC(C)C(CC)OC(=O)COC(=O)C(F)(F)S(=O)(=O)O)C1. The molecule has 7 nitrogen and oxygen atoms in total. The lowest BCUT2D eigenvalue weighted by atomic mass is 9.79. The molecule has 1 N–H and O–H groups in total. The van der Waals surface area contributed by atoms with Crippen LogP contribution in [-0.2, 0) is 29.2 Å². The Labute approximate surface area is 157 Å². The quantitative estimate of drug-likeness (QED) is 0.352. The number of esters is 2. The topological polar surface area (TPSA) is 107 Å². The summed E-state index contributed by atoms with van der Waals surface area (Å²) in [6, 6.07) is 0. The smallest absolute Gasteiger partial charge is 0.460 e. The minimum absolute atomic E-state index is 0.00446. The lowest BCUT2D eigenvalue weighted by Crippen LogP contribution is -2.40. The Morgan fingerprint density at radius 2 is 2.04 bits per heavy atom. The minimum Gasteiger partial charge on any atom is -0.460 e. The maximum atomic E-state index is 13.1. The largest absolute Gasteiger partial charge is 0.465 e. The number of alkyl halides is 2. The molecule has 3 unspecified atom stereocenters. The van der Waals surface area contributed by atoms with E-state index in [4.69, 9.17) is 9.29 Å². The van der Waals surface area contributed by atoms with E-state index in [1.165, 1.54) is 5.57 Å². The van der Waals surface area contributed by atoms with Crippen molar-refractivity contribution in [2.45, 2.75) is 63.7 Å². The van der Waals surface area contributed by atoms with Crippen molar-refractivity contribution in [3.63, 3.8) is 0 Å². The third-order valence-corrected chi connectivity index (χ3v) is 5.44. The van der Waals surface area contributed by atoms with Gasteiger partial charge < -0.3 is 9.47 Å². The van der Waals surface area contributed by atoms with Crippen LogP contribution in [0.15, 0.2) is 12.2 Å². The van der Waals surface area contributed by atoms with Crippen molar-refractivity contribution in [3.05, 3.63) is 12.2 Å². The summed E-state index contributed by atoms with van der Waals surface area (Å²) in [6.45, 7) is 6.55. The predicted octanol–water partition coefficient (Wildman–Crippen LogP) is 3.10. The molecule has 10 heteroatoms. The van der Waals surface area contributed by atoms with E-state index in [0.29, 0.717) is 12.3 Å². The highest BCUT2D eigenvalue weighted by molar-refractivity contribution is 7.87. The third-order valence-electron chi connectivity index (χ3n) is 4.63. The fourth-order valence-electron chi connectivity index (χ4n) is 3.25. The van der Waals surface area contributed by atoms with E-state index in [-0.39, 0.29) is 5.92 Å². The van der Waals surface area contributed by atoms with Gasteiger partial charge >= 0.3 is 27.3 Å².